The average molecular weight is 506 g/mol. The molecule has 1 unspecified atom stereocenters. The number of ketones is 1. The molecule has 2 atom stereocenters. The number of anilines is 1. The first-order chi connectivity index (χ1) is 16.2. The number of benzene rings is 1. The number of carbonyl (C=O) groups is 3. The minimum absolute atomic E-state index is 0.0199. The molecule has 0 saturated heterocycles. The number of hydrogen-bond donors (Lipinski definition) is 2. The zero-order valence-corrected chi connectivity index (χ0v) is 19.6. The second-order valence-corrected chi connectivity index (χ2v) is 9.39. The predicted octanol–water partition coefficient (Wildman–Crippen LogP) is 4.95. The maximum Gasteiger partial charge on any atom is 0.328 e. The molecular weight excluding hydrogens is 484 g/mol. The van der Waals surface area contributed by atoms with E-state index in [2.05, 4.69) is 15.3 Å². The number of pyridine rings is 1. The topological polar surface area (TPSA) is 109 Å². The highest BCUT2D eigenvalue weighted by molar-refractivity contribution is 6.40. The molecule has 34 heavy (non-hydrogen) atoms. The number of halogens is 3. The second-order valence-electron chi connectivity index (χ2n) is 8.57. The van der Waals surface area contributed by atoms with Gasteiger partial charge < -0.3 is 10.4 Å². The van der Waals surface area contributed by atoms with Crippen molar-refractivity contribution in [3.05, 3.63) is 57.8 Å². The molecule has 1 aromatic carbocycles. The summed E-state index contributed by atoms with van der Waals surface area (Å²) in [7, 11) is 0. The van der Waals surface area contributed by atoms with Gasteiger partial charge in [-0.3, -0.25) is 19.6 Å². The molecule has 2 N–H and O–H groups in total. The van der Waals surface area contributed by atoms with Crippen molar-refractivity contribution in [2.24, 2.45) is 10.4 Å². The Hall–Kier alpha value is -2.84. The number of carbonyl (C=O) groups excluding carboxylic acids is 2. The lowest BCUT2D eigenvalue weighted by Crippen LogP contribution is -2.61. The molecule has 0 radical (unpaired) electrons. The molecule has 0 aliphatic heterocycles. The second kappa shape index (κ2) is 9.80. The summed E-state index contributed by atoms with van der Waals surface area (Å²) < 4.78 is 14.4. The van der Waals surface area contributed by atoms with E-state index in [0.29, 0.717) is 24.1 Å². The number of aliphatic carboxylic acids is 1. The summed E-state index contributed by atoms with van der Waals surface area (Å²) in [6.07, 6.45) is 4.47. The number of carboxylic acid groups (broad SMARTS) is 1. The summed E-state index contributed by atoms with van der Waals surface area (Å²) in [5, 5.41) is 12.6. The van der Waals surface area contributed by atoms with Gasteiger partial charge in [0, 0.05) is 24.5 Å². The van der Waals surface area contributed by atoms with Crippen molar-refractivity contribution >= 4 is 52.3 Å². The number of aliphatic imine (C=N–C) groups is 1. The number of carboxylic acids is 1. The van der Waals surface area contributed by atoms with E-state index in [0.717, 1.165) is 19.3 Å². The standard InChI is InChI=1S/C24H22Cl2FN3O4/c25-15-11-28-12-16(26)18(15)22(32)29-14-6-4-13(5-7-14)10-17(23(33)34)30-20-19(27)21(31)24(20)8-2-1-3-9-24/h4-7,11-12,17,19H,1-3,8-10H2,(H,29,32)(H,33,34)/t17-,19?/m0/s1. The summed E-state index contributed by atoms with van der Waals surface area (Å²) >= 11 is 12.0. The van der Waals surface area contributed by atoms with Crippen LogP contribution in [-0.4, -0.2) is 45.7 Å². The Balaban J connectivity index is 1.48. The molecule has 178 valence electrons. The molecule has 2 saturated carbocycles. The Bertz CT molecular complexity index is 1140. The van der Waals surface area contributed by atoms with Gasteiger partial charge in [-0.2, -0.15) is 0 Å². The lowest BCUT2D eigenvalue weighted by molar-refractivity contribution is -0.139. The third-order valence-corrected chi connectivity index (χ3v) is 7.01. The molecule has 1 heterocycles. The maximum atomic E-state index is 14.4. The molecule has 2 aliphatic rings. The monoisotopic (exact) mass is 505 g/mol. The van der Waals surface area contributed by atoms with E-state index in [1.54, 1.807) is 24.3 Å². The van der Waals surface area contributed by atoms with Crippen LogP contribution in [0.1, 0.15) is 48.0 Å². The van der Waals surface area contributed by atoms with Crippen LogP contribution in [0.15, 0.2) is 41.7 Å². The first kappa shape index (κ1) is 24.3. The van der Waals surface area contributed by atoms with Crippen molar-refractivity contribution in [2.75, 3.05) is 5.32 Å². The molecule has 4 rings (SSSR count). The van der Waals surface area contributed by atoms with E-state index in [4.69, 9.17) is 23.2 Å². The van der Waals surface area contributed by atoms with Crippen LogP contribution in [0.4, 0.5) is 10.1 Å². The summed E-state index contributed by atoms with van der Waals surface area (Å²) in [5.41, 5.74) is 0.338. The fourth-order valence-corrected chi connectivity index (χ4v) is 5.17. The van der Waals surface area contributed by atoms with Crippen molar-refractivity contribution in [3.63, 3.8) is 0 Å². The van der Waals surface area contributed by atoms with Crippen LogP contribution in [0.3, 0.4) is 0 Å². The smallest absolute Gasteiger partial charge is 0.328 e. The van der Waals surface area contributed by atoms with Gasteiger partial charge in [-0.15, -0.1) is 0 Å². The zero-order valence-electron chi connectivity index (χ0n) is 18.1. The fraction of sp³-hybridized carbons (Fsp3) is 0.375. The van der Waals surface area contributed by atoms with E-state index in [-0.39, 0.29) is 27.7 Å². The molecule has 7 nitrogen and oxygen atoms in total. The lowest BCUT2D eigenvalue weighted by Gasteiger charge is -2.46. The van der Waals surface area contributed by atoms with Gasteiger partial charge in [0.15, 0.2) is 18.0 Å². The van der Waals surface area contributed by atoms with Crippen LogP contribution >= 0.6 is 23.2 Å². The van der Waals surface area contributed by atoms with Crippen molar-refractivity contribution < 1.29 is 23.9 Å². The predicted molar refractivity (Wildman–Crippen MR) is 127 cm³/mol. The van der Waals surface area contributed by atoms with Gasteiger partial charge in [0.05, 0.1) is 26.7 Å². The van der Waals surface area contributed by atoms with Crippen LogP contribution in [0.25, 0.3) is 0 Å². The van der Waals surface area contributed by atoms with Gasteiger partial charge in [0.25, 0.3) is 5.91 Å². The number of alkyl halides is 1. The van der Waals surface area contributed by atoms with Gasteiger partial charge >= 0.3 is 5.97 Å². The number of nitrogens with one attached hydrogen (secondary N) is 1. The molecule has 2 fully saturated rings. The number of hydrogen-bond acceptors (Lipinski definition) is 5. The van der Waals surface area contributed by atoms with Gasteiger partial charge in [-0.25, -0.2) is 9.18 Å². The average Bonchev–Trinajstić information content (AvgIpc) is 2.82. The SMILES string of the molecule is O=C(Nc1ccc(C[C@H](N=C2C(F)C(=O)C23CCCCC3)C(=O)O)cc1)c1c(Cl)cncc1Cl. The highest BCUT2D eigenvalue weighted by Gasteiger charge is 2.60. The van der Waals surface area contributed by atoms with Crippen LogP contribution in [-0.2, 0) is 16.0 Å². The summed E-state index contributed by atoms with van der Waals surface area (Å²) in [5.74, 6) is -2.17. The first-order valence-electron chi connectivity index (χ1n) is 10.9. The Morgan fingerprint density at radius 3 is 2.35 bits per heavy atom. The normalized spacial score (nSPS) is 21.2. The minimum atomic E-state index is -1.82. The van der Waals surface area contributed by atoms with Crippen LogP contribution in [0.2, 0.25) is 10.0 Å². The summed E-state index contributed by atoms with van der Waals surface area (Å²) in [4.78, 5) is 44.7. The van der Waals surface area contributed by atoms with E-state index in [1.807, 2.05) is 0 Å². The number of aromatic nitrogens is 1. The zero-order chi connectivity index (χ0) is 24.5. The Morgan fingerprint density at radius 2 is 1.76 bits per heavy atom. The molecular formula is C24H22Cl2FN3O4. The van der Waals surface area contributed by atoms with E-state index in [9.17, 15) is 23.9 Å². The lowest BCUT2D eigenvalue weighted by atomic mass is 9.57. The number of Topliss-reactive ketones (excluding diaryl/α,β-unsaturated/α-hetero) is 1. The number of amides is 1. The Morgan fingerprint density at radius 1 is 1.15 bits per heavy atom. The largest absolute Gasteiger partial charge is 0.480 e. The molecule has 0 bridgehead atoms. The fourth-order valence-electron chi connectivity index (χ4n) is 4.63. The summed E-state index contributed by atoms with van der Waals surface area (Å²) in [6.45, 7) is 0. The molecule has 1 aromatic heterocycles. The number of nitrogens with zero attached hydrogens (tertiary/aromatic N) is 2. The van der Waals surface area contributed by atoms with Crippen LogP contribution in [0, 0.1) is 5.41 Å². The van der Waals surface area contributed by atoms with Crippen molar-refractivity contribution in [3.8, 4) is 0 Å². The van der Waals surface area contributed by atoms with Crippen LogP contribution in [0.5, 0.6) is 0 Å². The molecule has 2 aromatic rings. The molecule has 1 spiro atoms. The molecule has 2 aliphatic carbocycles. The van der Waals surface area contributed by atoms with Crippen molar-refractivity contribution in [1.82, 2.24) is 4.98 Å². The quantitative estimate of drug-likeness (QED) is 0.577. The van der Waals surface area contributed by atoms with E-state index < -0.39 is 35.3 Å². The minimum Gasteiger partial charge on any atom is -0.480 e. The van der Waals surface area contributed by atoms with Gasteiger partial charge in [-0.1, -0.05) is 54.6 Å². The summed E-state index contributed by atoms with van der Waals surface area (Å²) in [6, 6.07) is 5.30. The molecule has 1 amide bonds. The van der Waals surface area contributed by atoms with Gasteiger partial charge in [-0.05, 0) is 30.5 Å². The Kier molecular flexibility index (Phi) is 7.00. The highest BCUT2D eigenvalue weighted by atomic mass is 35.5. The van der Waals surface area contributed by atoms with E-state index in [1.165, 1.54) is 12.4 Å². The van der Waals surface area contributed by atoms with Gasteiger partial charge in [0.1, 0.15) is 0 Å². The van der Waals surface area contributed by atoms with Gasteiger partial charge in [0.2, 0.25) is 0 Å². The van der Waals surface area contributed by atoms with Crippen LogP contribution < -0.4 is 5.32 Å². The first-order valence-corrected chi connectivity index (χ1v) is 11.7. The highest BCUT2D eigenvalue weighted by Crippen LogP contribution is 2.48. The number of rotatable bonds is 6. The van der Waals surface area contributed by atoms with E-state index >= 15 is 0 Å². The third-order valence-electron chi connectivity index (χ3n) is 6.44. The molecule has 10 heteroatoms. The van der Waals surface area contributed by atoms with Crippen molar-refractivity contribution in [2.45, 2.75) is 50.7 Å². The third kappa shape index (κ3) is 4.57. The van der Waals surface area contributed by atoms with Crippen molar-refractivity contribution in [1.29, 1.82) is 0 Å². The Labute approximate surface area is 205 Å². The maximum absolute atomic E-state index is 14.4.